The second-order valence-corrected chi connectivity index (χ2v) is 6.23. The molecule has 21 heavy (non-hydrogen) atoms. The number of carbonyl (C=O) groups excluding carboxylic acids is 1. The number of ether oxygens (including phenoxy) is 1. The predicted octanol–water partition coefficient (Wildman–Crippen LogP) is 3.11. The monoisotopic (exact) mass is 302 g/mol. The van der Waals surface area contributed by atoms with E-state index < -0.39 is 0 Å². The summed E-state index contributed by atoms with van der Waals surface area (Å²) in [5, 5.41) is 1.05. The van der Waals surface area contributed by atoms with Crippen LogP contribution in [0.25, 0.3) is 0 Å². The van der Waals surface area contributed by atoms with Gasteiger partial charge >= 0.3 is 5.97 Å². The molecule has 2 heterocycles. The Morgan fingerprint density at radius 3 is 2.86 bits per heavy atom. The molecule has 0 aliphatic carbocycles. The molecule has 1 aromatic carbocycles. The maximum Gasteiger partial charge on any atom is 0.350 e. The van der Waals surface area contributed by atoms with Crippen LogP contribution in [-0.4, -0.2) is 26.2 Å². The van der Waals surface area contributed by atoms with Crippen molar-refractivity contribution in [2.45, 2.75) is 12.3 Å². The molecular formula is C16H18N2O2S. The van der Waals surface area contributed by atoms with Gasteiger partial charge in [-0.3, -0.25) is 0 Å². The molecule has 1 aliphatic rings. The molecule has 0 bridgehead atoms. The van der Waals surface area contributed by atoms with Crippen molar-refractivity contribution in [2.75, 3.05) is 30.8 Å². The van der Waals surface area contributed by atoms with Crippen LogP contribution in [0.1, 0.15) is 27.6 Å². The molecule has 1 aliphatic heterocycles. The van der Waals surface area contributed by atoms with E-state index in [1.165, 1.54) is 24.0 Å². The summed E-state index contributed by atoms with van der Waals surface area (Å²) in [5.41, 5.74) is 7.79. The van der Waals surface area contributed by atoms with Crippen molar-refractivity contribution in [3.05, 3.63) is 46.8 Å². The Kier molecular flexibility index (Phi) is 3.84. The van der Waals surface area contributed by atoms with Crippen LogP contribution in [0.2, 0.25) is 0 Å². The van der Waals surface area contributed by atoms with E-state index in [2.05, 4.69) is 29.2 Å². The van der Waals surface area contributed by atoms with E-state index in [0.29, 0.717) is 16.5 Å². The molecule has 1 saturated heterocycles. The van der Waals surface area contributed by atoms with Gasteiger partial charge in [-0.2, -0.15) is 0 Å². The Bertz CT molecular complexity index is 639. The van der Waals surface area contributed by atoms with E-state index in [4.69, 9.17) is 10.5 Å². The van der Waals surface area contributed by atoms with Crippen LogP contribution in [0, 0.1) is 0 Å². The van der Waals surface area contributed by atoms with E-state index in [1.807, 2.05) is 12.1 Å². The standard InChI is InChI=1S/C16H18N2O2S/c1-20-16(19)15-13(17)9-14(21-15)18-8-7-12(10-18)11-5-3-2-4-6-11/h2-6,9,12H,7-8,10,17H2,1H3. The first-order chi connectivity index (χ1) is 10.2. The summed E-state index contributed by atoms with van der Waals surface area (Å²) >= 11 is 1.41. The summed E-state index contributed by atoms with van der Waals surface area (Å²) in [5.74, 6) is 0.179. The summed E-state index contributed by atoms with van der Waals surface area (Å²) in [6, 6.07) is 12.4. The third-order valence-electron chi connectivity index (χ3n) is 3.89. The van der Waals surface area contributed by atoms with Gasteiger partial charge in [-0.25, -0.2) is 4.79 Å². The minimum Gasteiger partial charge on any atom is -0.465 e. The van der Waals surface area contributed by atoms with Crippen molar-refractivity contribution in [3.63, 3.8) is 0 Å². The van der Waals surface area contributed by atoms with E-state index in [-0.39, 0.29) is 5.97 Å². The molecule has 0 radical (unpaired) electrons. The Morgan fingerprint density at radius 2 is 2.14 bits per heavy atom. The number of methoxy groups -OCH3 is 1. The van der Waals surface area contributed by atoms with Gasteiger partial charge in [0.2, 0.25) is 0 Å². The van der Waals surface area contributed by atoms with E-state index in [1.54, 1.807) is 0 Å². The average Bonchev–Trinajstić information content (AvgIpc) is 3.14. The molecule has 2 aromatic rings. The Hall–Kier alpha value is -2.01. The van der Waals surface area contributed by atoms with Crippen molar-refractivity contribution in [3.8, 4) is 0 Å². The zero-order chi connectivity index (χ0) is 14.8. The smallest absolute Gasteiger partial charge is 0.350 e. The quantitative estimate of drug-likeness (QED) is 0.885. The van der Waals surface area contributed by atoms with Gasteiger partial charge in [0.25, 0.3) is 0 Å². The lowest BCUT2D eigenvalue weighted by Gasteiger charge is -2.16. The van der Waals surface area contributed by atoms with Crippen LogP contribution in [0.3, 0.4) is 0 Å². The number of hydrogen-bond acceptors (Lipinski definition) is 5. The molecule has 0 saturated carbocycles. The molecule has 5 heteroatoms. The van der Waals surface area contributed by atoms with Crippen molar-refractivity contribution in [1.82, 2.24) is 0 Å². The minimum atomic E-state index is -0.359. The summed E-state index contributed by atoms with van der Waals surface area (Å²) < 4.78 is 4.76. The van der Waals surface area contributed by atoms with E-state index in [0.717, 1.165) is 24.5 Å². The third-order valence-corrected chi connectivity index (χ3v) is 5.08. The molecule has 0 spiro atoms. The second kappa shape index (κ2) is 5.77. The first-order valence-electron chi connectivity index (χ1n) is 6.96. The highest BCUT2D eigenvalue weighted by Crippen LogP contribution is 2.37. The first-order valence-corrected chi connectivity index (χ1v) is 7.78. The fourth-order valence-electron chi connectivity index (χ4n) is 2.76. The lowest BCUT2D eigenvalue weighted by atomic mass is 9.99. The number of nitrogens with zero attached hydrogens (tertiary/aromatic N) is 1. The maximum absolute atomic E-state index is 11.6. The SMILES string of the molecule is COC(=O)c1sc(N2CCC(c3ccccc3)C2)cc1N. The predicted molar refractivity (Wildman–Crippen MR) is 86.1 cm³/mol. The molecule has 1 atom stereocenters. The fourth-order valence-corrected chi connectivity index (χ4v) is 3.79. The normalized spacial score (nSPS) is 18.0. The van der Waals surface area contributed by atoms with Crippen molar-refractivity contribution in [2.24, 2.45) is 0 Å². The lowest BCUT2D eigenvalue weighted by Crippen LogP contribution is -2.17. The Labute approximate surface area is 128 Å². The number of benzene rings is 1. The van der Waals surface area contributed by atoms with Crippen LogP contribution in [0.5, 0.6) is 0 Å². The van der Waals surface area contributed by atoms with Crippen molar-refractivity contribution in [1.29, 1.82) is 0 Å². The van der Waals surface area contributed by atoms with Crippen LogP contribution < -0.4 is 10.6 Å². The van der Waals surface area contributed by atoms with Crippen molar-refractivity contribution >= 4 is 28.0 Å². The molecule has 110 valence electrons. The zero-order valence-corrected chi connectivity index (χ0v) is 12.7. The summed E-state index contributed by atoms with van der Waals surface area (Å²) in [6.45, 7) is 1.95. The molecular weight excluding hydrogens is 284 g/mol. The molecule has 1 fully saturated rings. The highest BCUT2D eigenvalue weighted by Gasteiger charge is 2.26. The van der Waals surface area contributed by atoms with Gasteiger partial charge in [0.1, 0.15) is 4.88 Å². The van der Waals surface area contributed by atoms with Gasteiger partial charge in [-0.05, 0) is 18.1 Å². The molecule has 1 aromatic heterocycles. The average molecular weight is 302 g/mol. The summed E-state index contributed by atoms with van der Waals surface area (Å²) in [4.78, 5) is 14.4. The topological polar surface area (TPSA) is 55.6 Å². The number of anilines is 2. The maximum atomic E-state index is 11.6. The number of rotatable bonds is 3. The van der Waals surface area contributed by atoms with Gasteiger partial charge in [0, 0.05) is 19.0 Å². The zero-order valence-electron chi connectivity index (χ0n) is 11.9. The number of hydrogen-bond donors (Lipinski definition) is 1. The number of nitrogen functional groups attached to an aromatic ring is 1. The highest BCUT2D eigenvalue weighted by atomic mass is 32.1. The van der Waals surface area contributed by atoms with Gasteiger partial charge in [-0.1, -0.05) is 30.3 Å². The van der Waals surface area contributed by atoms with Crippen LogP contribution in [-0.2, 0) is 4.74 Å². The molecule has 0 amide bonds. The number of nitrogens with two attached hydrogens (primary N) is 1. The number of esters is 1. The van der Waals surface area contributed by atoms with Gasteiger partial charge < -0.3 is 15.4 Å². The van der Waals surface area contributed by atoms with Crippen molar-refractivity contribution < 1.29 is 9.53 Å². The number of thiophene rings is 1. The lowest BCUT2D eigenvalue weighted by molar-refractivity contribution is 0.0607. The summed E-state index contributed by atoms with van der Waals surface area (Å²) in [7, 11) is 1.38. The van der Waals surface area contributed by atoms with E-state index in [9.17, 15) is 4.79 Å². The molecule has 1 unspecified atom stereocenters. The fraction of sp³-hybridized carbons (Fsp3) is 0.312. The van der Waals surface area contributed by atoms with Gasteiger partial charge in [0.15, 0.2) is 0 Å². The third kappa shape index (κ3) is 2.74. The molecule has 4 nitrogen and oxygen atoms in total. The van der Waals surface area contributed by atoms with E-state index >= 15 is 0 Å². The van der Waals surface area contributed by atoms with Crippen LogP contribution >= 0.6 is 11.3 Å². The van der Waals surface area contributed by atoms with Gasteiger partial charge in [0.05, 0.1) is 17.8 Å². The largest absolute Gasteiger partial charge is 0.465 e. The van der Waals surface area contributed by atoms with Crippen LogP contribution in [0.4, 0.5) is 10.7 Å². The van der Waals surface area contributed by atoms with Gasteiger partial charge in [-0.15, -0.1) is 11.3 Å². The first kappa shape index (κ1) is 13.9. The molecule has 2 N–H and O–H groups in total. The minimum absolute atomic E-state index is 0.359. The second-order valence-electron chi connectivity index (χ2n) is 5.20. The number of carbonyl (C=O) groups is 1. The summed E-state index contributed by atoms with van der Waals surface area (Å²) in [6.07, 6.45) is 1.12. The highest BCUT2D eigenvalue weighted by molar-refractivity contribution is 7.18. The van der Waals surface area contributed by atoms with Crippen LogP contribution in [0.15, 0.2) is 36.4 Å². The Balaban J connectivity index is 1.76. The molecule has 3 rings (SSSR count). The Morgan fingerprint density at radius 1 is 1.38 bits per heavy atom.